The molecule has 5 rings (SSSR count). The second kappa shape index (κ2) is 20.4. The minimum atomic E-state index is -2.58. The average Bonchev–Trinajstić information content (AvgIpc) is 3.59. The van der Waals surface area contributed by atoms with Gasteiger partial charge in [0.25, 0.3) is 0 Å². The first-order valence-electron chi connectivity index (χ1n) is 22.4. The fourth-order valence-corrected chi connectivity index (χ4v) is 22.1. The molecule has 0 bridgehead atoms. The molecule has 0 aromatic heterocycles. The highest BCUT2D eigenvalue weighted by Gasteiger charge is 2.56. The van der Waals surface area contributed by atoms with Crippen LogP contribution in [0.15, 0.2) is 97.1 Å². The first kappa shape index (κ1) is 47.4. The van der Waals surface area contributed by atoms with Gasteiger partial charge in [0.15, 0.2) is 0 Å². The van der Waals surface area contributed by atoms with Crippen molar-refractivity contribution >= 4 is 22.6 Å². The van der Waals surface area contributed by atoms with Crippen LogP contribution in [0, 0.1) is 11.8 Å². The van der Waals surface area contributed by atoms with Crippen molar-refractivity contribution in [3.05, 3.63) is 130 Å². The summed E-state index contributed by atoms with van der Waals surface area (Å²) >= 11 is 0. The van der Waals surface area contributed by atoms with Crippen LogP contribution in [0.2, 0.25) is 33.2 Å². The summed E-state index contributed by atoms with van der Waals surface area (Å²) in [5.74, 6) is 0.411. The fraction of sp³-hybridized carbons (Fsp3) is 0.519. The third-order valence-electron chi connectivity index (χ3n) is 13.7. The maximum atomic E-state index is 14.8. The number of carbonyl (C=O) groups is 1. The van der Waals surface area contributed by atoms with Gasteiger partial charge < -0.3 is 23.1 Å². The molecule has 1 saturated heterocycles. The molecule has 1 aliphatic heterocycles. The molecule has 6 nitrogen and oxygen atoms in total. The topological polar surface area (TPSA) is 63.2 Å². The van der Waals surface area contributed by atoms with Crippen LogP contribution in [0.4, 0.5) is 0 Å². The molecule has 0 unspecified atom stereocenters. The maximum absolute atomic E-state index is 14.8. The molecule has 326 valence electrons. The Morgan fingerprint density at radius 1 is 0.533 bits per heavy atom. The van der Waals surface area contributed by atoms with Gasteiger partial charge in [-0.2, -0.15) is 0 Å². The van der Waals surface area contributed by atoms with Gasteiger partial charge in [-0.1, -0.05) is 168 Å². The van der Waals surface area contributed by atoms with E-state index in [1.807, 2.05) is 12.1 Å². The van der Waals surface area contributed by atoms with Crippen molar-refractivity contribution in [3.8, 4) is 11.5 Å². The van der Waals surface area contributed by atoms with Crippen LogP contribution in [0.3, 0.4) is 0 Å². The zero-order chi connectivity index (χ0) is 43.9. The van der Waals surface area contributed by atoms with E-state index in [4.69, 9.17) is 23.1 Å². The van der Waals surface area contributed by atoms with Gasteiger partial charge in [0.2, 0.25) is 16.6 Å². The zero-order valence-corrected chi connectivity index (χ0v) is 41.1. The highest BCUT2D eigenvalue weighted by molar-refractivity contribution is 6.78. The molecular formula is C52H74O6Si2. The molecule has 0 spiro atoms. The lowest BCUT2D eigenvalue weighted by atomic mass is 9.80. The Hall–Kier alpha value is -3.70. The van der Waals surface area contributed by atoms with E-state index in [0.717, 1.165) is 46.6 Å². The van der Waals surface area contributed by atoms with Gasteiger partial charge in [-0.25, -0.2) is 0 Å². The summed E-state index contributed by atoms with van der Waals surface area (Å²) in [7, 11) is -1.62. The predicted octanol–water partition coefficient (Wildman–Crippen LogP) is 13.8. The second-order valence-electron chi connectivity index (χ2n) is 19.0. The Labute approximate surface area is 365 Å². The zero-order valence-electron chi connectivity index (χ0n) is 39.1. The van der Waals surface area contributed by atoms with Crippen molar-refractivity contribution < 1.29 is 27.9 Å². The third-order valence-corrected chi connectivity index (χ3v) is 25.8. The molecule has 60 heavy (non-hydrogen) atoms. The van der Waals surface area contributed by atoms with Crippen LogP contribution in [-0.2, 0) is 31.2 Å². The maximum Gasteiger partial charge on any atom is 0.312 e. The summed E-state index contributed by atoms with van der Waals surface area (Å²) in [5.41, 5.74) is 8.43. The first-order valence-corrected chi connectivity index (χ1v) is 26.7. The number of methoxy groups -OCH3 is 2. The van der Waals surface area contributed by atoms with Crippen molar-refractivity contribution in [2.45, 2.75) is 141 Å². The third kappa shape index (κ3) is 9.83. The van der Waals surface area contributed by atoms with Gasteiger partial charge in [0, 0.05) is 18.8 Å². The highest BCUT2D eigenvalue weighted by atomic mass is 28.4. The van der Waals surface area contributed by atoms with Crippen molar-refractivity contribution in [1.82, 2.24) is 0 Å². The summed E-state index contributed by atoms with van der Waals surface area (Å²) in [5, 5.41) is 0. The highest BCUT2D eigenvalue weighted by Crippen LogP contribution is 2.54. The van der Waals surface area contributed by atoms with E-state index < -0.39 is 34.8 Å². The van der Waals surface area contributed by atoms with Gasteiger partial charge in [0.1, 0.15) is 11.5 Å². The van der Waals surface area contributed by atoms with Crippen LogP contribution in [0.1, 0.15) is 129 Å². The molecule has 1 fully saturated rings. The average molecular weight is 851 g/mol. The molecule has 8 heteroatoms. The first-order chi connectivity index (χ1) is 28.5. The number of ether oxygens (including phenoxy) is 3. The number of hydrogen-bond donors (Lipinski definition) is 0. The molecule has 1 heterocycles. The second-order valence-corrected chi connectivity index (χ2v) is 29.8. The van der Waals surface area contributed by atoms with Crippen molar-refractivity contribution in [1.29, 1.82) is 0 Å². The number of benzene rings is 4. The lowest BCUT2D eigenvalue weighted by Gasteiger charge is -2.48. The number of carbonyl (C=O) groups excluding carboxylic acids is 1. The van der Waals surface area contributed by atoms with Gasteiger partial charge in [-0.05, 0) is 78.8 Å². The molecular weight excluding hydrogens is 777 g/mol. The largest absolute Gasteiger partial charge is 0.496 e. The number of esters is 1. The van der Waals surface area contributed by atoms with E-state index in [-0.39, 0.29) is 18.5 Å². The summed E-state index contributed by atoms with van der Waals surface area (Å²) in [4.78, 5) is 14.8. The SMILES string of the molecule is COc1cc([C@@H](O[Si](C(C)C)(C(C)C)C(C)C)[C@H]2C(=O)OC[C@@H]2[C@@H](O[Si](C(C)C)(C(C)C)C(C)C)c2ccc(Cc3ccccc3)c(OC)c2)ccc1Cc1ccccc1. The predicted molar refractivity (Wildman–Crippen MR) is 252 cm³/mol. The van der Waals surface area contributed by atoms with Gasteiger partial charge in [0.05, 0.1) is 39.0 Å². The quantitative estimate of drug-likeness (QED) is 0.0652. The minimum absolute atomic E-state index is 0.233. The van der Waals surface area contributed by atoms with E-state index in [1.54, 1.807) is 14.2 Å². The van der Waals surface area contributed by atoms with Gasteiger partial charge in [-0.3, -0.25) is 4.79 Å². The molecule has 0 aliphatic carbocycles. The molecule has 4 aromatic rings. The normalized spacial score (nSPS) is 17.3. The fourth-order valence-electron chi connectivity index (χ4n) is 11.0. The molecule has 4 aromatic carbocycles. The monoisotopic (exact) mass is 851 g/mol. The van der Waals surface area contributed by atoms with Gasteiger partial charge in [-0.15, -0.1) is 0 Å². The summed E-state index contributed by atoms with van der Waals surface area (Å²) in [6.45, 7) is 28.0. The van der Waals surface area contributed by atoms with Crippen LogP contribution in [0.5, 0.6) is 11.5 Å². The van der Waals surface area contributed by atoms with Crippen LogP contribution < -0.4 is 9.47 Å². The van der Waals surface area contributed by atoms with E-state index in [1.165, 1.54) is 11.1 Å². The van der Waals surface area contributed by atoms with Crippen LogP contribution in [-0.4, -0.2) is 43.4 Å². The lowest BCUT2D eigenvalue weighted by Crippen LogP contribution is -2.51. The summed E-state index contributed by atoms with van der Waals surface area (Å²) in [6, 6.07) is 34.0. The van der Waals surface area contributed by atoms with Crippen LogP contribution in [0.25, 0.3) is 0 Å². The summed E-state index contributed by atoms with van der Waals surface area (Å²) in [6.07, 6.45) is 0.452. The van der Waals surface area contributed by atoms with E-state index in [9.17, 15) is 4.79 Å². The molecule has 0 amide bonds. The van der Waals surface area contributed by atoms with Crippen molar-refractivity contribution in [3.63, 3.8) is 0 Å². The standard InChI is InChI=1S/C52H74O6Si2/c1-34(2)59(35(3)4,36(5)6)57-50(44-27-25-42(47(31-44)54-13)29-40-21-17-15-18-22-40)46-33-56-52(53)49(46)51(58-60(37(7)8,38(9)10)39(11)12)45-28-26-43(48(32-45)55-14)30-41-23-19-16-20-24-41/h15-28,31-32,34-39,46,49-51H,29-30,33H2,1-14H3/t46-,49-,50-,51+/m0/s1. The Bertz CT molecular complexity index is 1930. The smallest absolute Gasteiger partial charge is 0.312 e. The Morgan fingerprint density at radius 2 is 0.900 bits per heavy atom. The molecule has 4 atom stereocenters. The van der Waals surface area contributed by atoms with E-state index in [0.29, 0.717) is 33.2 Å². The number of hydrogen-bond acceptors (Lipinski definition) is 6. The minimum Gasteiger partial charge on any atom is -0.496 e. The van der Waals surface area contributed by atoms with Crippen LogP contribution >= 0.6 is 0 Å². The number of rotatable bonds is 20. The molecule has 0 N–H and O–H groups in total. The Morgan fingerprint density at radius 3 is 1.27 bits per heavy atom. The number of cyclic esters (lactones) is 1. The van der Waals surface area contributed by atoms with E-state index >= 15 is 0 Å². The Kier molecular flexibility index (Phi) is 16.1. The summed E-state index contributed by atoms with van der Waals surface area (Å²) < 4.78 is 34.3. The van der Waals surface area contributed by atoms with E-state index in [2.05, 4.69) is 168 Å². The van der Waals surface area contributed by atoms with Crippen molar-refractivity contribution in [2.75, 3.05) is 20.8 Å². The lowest BCUT2D eigenvalue weighted by molar-refractivity contribution is -0.144. The molecule has 0 saturated carbocycles. The van der Waals surface area contributed by atoms with Crippen molar-refractivity contribution in [2.24, 2.45) is 11.8 Å². The Balaban J connectivity index is 1.73. The molecule has 1 aliphatic rings. The van der Waals surface area contributed by atoms with Gasteiger partial charge >= 0.3 is 5.97 Å². The molecule has 0 radical (unpaired) electrons.